The molecule has 0 N–H and O–H groups in total. The van der Waals surface area contributed by atoms with Gasteiger partial charge in [0.2, 0.25) is 0 Å². The highest BCUT2D eigenvalue weighted by Gasteiger charge is 2.61. The minimum absolute atomic E-state index is 0.835. The van der Waals surface area contributed by atoms with Gasteiger partial charge in [0.1, 0.15) is 0 Å². The maximum absolute atomic E-state index is 5.62. The summed E-state index contributed by atoms with van der Waals surface area (Å²) < 4.78 is 0. The van der Waals surface area contributed by atoms with Crippen molar-refractivity contribution >= 4 is 11.6 Å². The van der Waals surface area contributed by atoms with E-state index in [0.717, 1.165) is 17.2 Å². The lowest BCUT2D eigenvalue weighted by Crippen LogP contribution is -1.78. The maximum atomic E-state index is 5.62. The maximum Gasteiger partial charge on any atom is 0.0257 e. The van der Waals surface area contributed by atoms with Crippen molar-refractivity contribution in [1.29, 1.82) is 0 Å². The van der Waals surface area contributed by atoms with Crippen molar-refractivity contribution in [2.24, 2.45) is 11.3 Å². The molecule has 0 aromatic rings. The van der Waals surface area contributed by atoms with Crippen molar-refractivity contribution in [2.75, 3.05) is 5.88 Å². The highest BCUT2D eigenvalue weighted by molar-refractivity contribution is 6.18. The SMILES string of the molecule is ClCC1CC12CC2. The van der Waals surface area contributed by atoms with Gasteiger partial charge in [0, 0.05) is 5.88 Å². The largest absolute Gasteiger partial charge is 0.126 e. The third-order valence-electron chi connectivity index (χ3n) is 2.44. The average Bonchev–Trinajstić information content (AvgIpc) is 2.52. The van der Waals surface area contributed by atoms with Gasteiger partial charge >= 0.3 is 0 Å². The second-order valence-electron chi connectivity index (χ2n) is 2.92. The molecule has 0 aliphatic heterocycles. The van der Waals surface area contributed by atoms with Crippen LogP contribution in [0.15, 0.2) is 0 Å². The highest BCUT2D eigenvalue weighted by Crippen LogP contribution is 2.70. The zero-order valence-corrected chi connectivity index (χ0v) is 5.04. The molecule has 1 unspecified atom stereocenters. The van der Waals surface area contributed by atoms with E-state index in [-0.39, 0.29) is 0 Å². The van der Waals surface area contributed by atoms with Crippen LogP contribution in [0.5, 0.6) is 0 Å². The van der Waals surface area contributed by atoms with Crippen LogP contribution in [0.2, 0.25) is 0 Å². The highest BCUT2D eigenvalue weighted by atomic mass is 35.5. The van der Waals surface area contributed by atoms with E-state index in [1.165, 1.54) is 19.3 Å². The summed E-state index contributed by atoms with van der Waals surface area (Å²) in [6.45, 7) is 0. The lowest BCUT2D eigenvalue weighted by Gasteiger charge is -1.80. The van der Waals surface area contributed by atoms with Gasteiger partial charge in [-0.25, -0.2) is 0 Å². The van der Waals surface area contributed by atoms with E-state index in [1.54, 1.807) is 0 Å². The number of alkyl halides is 1. The van der Waals surface area contributed by atoms with Gasteiger partial charge in [-0.2, -0.15) is 0 Å². The van der Waals surface area contributed by atoms with Crippen LogP contribution in [0, 0.1) is 11.3 Å². The number of hydrogen-bond donors (Lipinski definition) is 0. The first-order chi connectivity index (χ1) is 3.37. The summed E-state index contributed by atoms with van der Waals surface area (Å²) in [5, 5.41) is 0. The molecule has 0 aromatic carbocycles. The fraction of sp³-hybridized carbons (Fsp3) is 1.00. The fourth-order valence-corrected chi connectivity index (χ4v) is 1.86. The van der Waals surface area contributed by atoms with Crippen molar-refractivity contribution in [3.8, 4) is 0 Å². The molecule has 0 heterocycles. The Morgan fingerprint density at radius 2 is 2.29 bits per heavy atom. The van der Waals surface area contributed by atoms with Crippen molar-refractivity contribution in [3.63, 3.8) is 0 Å². The third-order valence-corrected chi connectivity index (χ3v) is 2.81. The van der Waals surface area contributed by atoms with Crippen LogP contribution in [0.25, 0.3) is 0 Å². The summed E-state index contributed by atoms with van der Waals surface area (Å²) in [7, 11) is 0. The zero-order valence-electron chi connectivity index (χ0n) is 4.28. The molecular weight excluding hydrogens is 108 g/mol. The average molecular weight is 117 g/mol. The third kappa shape index (κ3) is 0.436. The van der Waals surface area contributed by atoms with Gasteiger partial charge in [-0.15, -0.1) is 11.6 Å². The molecule has 2 aliphatic rings. The lowest BCUT2D eigenvalue weighted by molar-refractivity contribution is 0.777. The van der Waals surface area contributed by atoms with Gasteiger partial charge in [0.25, 0.3) is 0 Å². The van der Waals surface area contributed by atoms with E-state index in [0.29, 0.717) is 0 Å². The van der Waals surface area contributed by atoms with E-state index in [4.69, 9.17) is 11.6 Å². The lowest BCUT2D eigenvalue weighted by atomic mass is 10.3. The molecule has 1 heteroatoms. The Labute approximate surface area is 48.9 Å². The van der Waals surface area contributed by atoms with Crippen LogP contribution in [-0.2, 0) is 0 Å². The van der Waals surface area contributed by atoms with E-state index in [2.05, 4.69) is 0 Å². The van der Waals surface area contributed by atoms with E-state index < -0.39 is 0 Å². The van der Waals surface area contributed by atoms with E-state index in [1.807, 2.05) is 0 Å². The molecule has 40 valence electrons. The second-order valence-corrected chi connectivity index (χ2v) is 3.23. The predicted molar refractivity (Wildman–Crippen MR) is 30.5 cm³/mol. The Balaban J connectivity index is 1.97. The smallest absolute Gasteiger partial charge is 0.0257 e. The summed E-state index contributed by atoms with van der Waals surface area (Å²) in [5.41, 5.74) is 0.835. The summed E-state index contributed by atoms with van der Waals surface area (Å²) in [6, 6.07) is 0. The van der Waals surface area contributed by atoms with Crippen LogP contribution in [0.3, 0.4) is 0 Å². The molecule has 0 nitrogen and oxygen atoms in total. The van der Waals surface area contributed by atoms with Gasteiger partial charge in [-0.3, -0.25) is 0 Å². The Morgan fingerprint density at radius 1 is 1.57 bits per heavy atom. The van der Waals surface area contributed by atoms with Crippen LogP contribution in [0.4, 0.5) is 0 Å². The minimum Gasteiger partial charge on any atom is -0.126 e. The van der Waals surface area contributed by atoms with Crippen LogP contribution >= 0.6 is 11.6 Å². The van der Waals surface area contributed by atoms with Crippen LogP contribution in [-0.4, -0.2) is 5.88 Å². The van der Waals surface area contributed by atoms with E-state index in [9.17, 15) is 0 Å². The van der Waals surface area contributed by atoms with Crippen molar-refractivity contribution < 1.29 is 0 Å². The Hall–Kier alpha value is 0.290. The first kappa shape index (κ1) is 4.20. The normalized spacial score (nSPS) is 41.6. The Kier molecular flexibility index (Phi) is 0.597. The minimum atomic E-state index is 0.835. The monoisotopic (exact) mass is 116 g/mol. The molecule has 0 radical (unpaired) electrons. The van der Waals surface area contributed by atoms with Gasteiger partial charge < -0.3 is 0 Å². The van der Waals surface area contributed by atoms with Gasteiger partial charge in [0.15, 0.2) is 0 Å². The molecule has 0 bridgehead atoms. The van der Waals surface area contributed by atoms with Gasteiger partial charge in [-0.1, -0.05) is 0 Å². The summed E-state index contributed by atoms with van der Waals surface area (Å²) in [6.07, 6.45) is 4.39. The summed E-state index contributed by atoms with van der Waals surface area (Å²) in [4.78, 5) is 0. The first-order valence-corrected chi connectivity index (χ1v) is 3.47. The molecule has 0 aromatic heterocycles. The summed E-state index contributed by atoms with van der Waals surface area (Å²) in [5.74, 6) is 1.84. The van der Waals surface area contributed by atoms with Crippen molar-refractivity contribution in [1.82, 2.24) is 0 Å². The topological polar surface area (TPSA) is 0 Å². The van der Waals surface area contributed by atoms with Crippen LogP contribution < -0.4 is 0 Å². The first-order valence-electron chi connectivity index (χ1n) is 2.93. The van der Waals surface area contributed by atoms with Gasteiger partial charge in [0.05, 0.1) is 0 Å². The van der Waals surface area contributed by atoms with Gasteiger partial charge in [-0.05, 0) is 30.6 Å². The standard InChI is InChI=1S/C6H9Cl/c7-4-5-3-6(5)1-2-6/h5H,1-4H2. The molecular formula is C6H9Cl. The predicted octanol–water partition coefficient (Wildman–Crippen LogP) is 2.03. The number of hydrogen-bond acceptors (Lipinski definition) is 0. The molecule has 2 rings (SSSR count). The quantitative estimate of drug-likeness (QED) is 0.460. The molecule has 0 amide bonds. The number of rotatable bonds is 1. The van der Waals surface area contributed by atoms with Crippen molar-refractivity contribution in [2.45, 2.75) is 19.3 Å². The molecule has 2 saturated carbocycles. The van der Waals surface area contributed by atoms with Crippen molar-refractivity contribution in [3.05, 3.63) is 0 Å². The molecule has 2 fully saturated rings. The molecule has 1 atom stereocenters. The zero-order chi connectivity index (χ0) is 4.91. The van der Waals surface area contributed by atoms with E-state index >= 15 is 0 Å². The Bertz CT molecular complexity index is 94.4. The summed E-state index contributed by atoms with van der Waals surface area (Å²) >= 11 is 5.62. The second kappa shape index (κ2) is 0.997. The Morgan fingerprint density at radius 3 is 2.43 bits per heavy atom. The molecule has 7 heavy (non-hydrogen) atoms. The molecule has 0 saturated heterocycles. The number of halogens is 1. The van der Waals surface area contributed by atoms with Crippen LogP contribution in [0.1, 0.15) is 19.3 Å². The molecule has 1 spiro atoms. The molecule has 2 aliphatic carbocycles. The fourth-order valence-electron chi connectivity index (χ4n) is 1.42.